The number of halogens is 1. The van der Waals surface area contributed by atoms with Crippen LogP contribution >= 0.6 is 0 Å². The second-order valence-corrected chi connectivity index (χ2v) is 5.35. The van der Waals surface area contributed by atoms with Crippen molar-refractivity contribution in [1.82, 2.24) is 0 Å². The first kappa shape index (κ1) is 11.4. The highest BCUT2D eigenvalue weighted by Crippen LogP contribution is 2.49. The molecule has 3 nitrogen and oxygen atoms in total. The number of amides is 1. The molecule has 2 aliphatic carbocycles. The van der Waals surface area contributed by atoms with Crippen molar-refractivity contribution in [3.05, 3.63) is 34.6 Å². The molecule has 2 N–H and O–H groups in total. The summed E-state index contributed by atoms with van der Waals surface area (Å²) < 4.78 is 14.0. The third-order valence-corrected chi connectivity index (χ3v) is 4.20. The fourth-order valence-corrected chi connectivity index (χ4v) is 2.90. The molecule has 18 heavy (non-hydrogen) atoms. The van der Waals surface area contributed by atoms with Gasteiger partial charge in [0.2, 0.25) is 5.91 Å². The summed E-state index contributed by atoms with van der Waals surface area (Å²) in [5, 5.41) is 0. The molecule has 1 unspecified atom stereocenters. The number of aldehydes is 1. The third kappa shape index (κ3) is 1.48. The Morgan fingerprint density at radius 2 is 2.11 bits per heavy atom. The summed E-state index contributed by atoms with van der Waals surface area (Å²) in [4.78, 5) is 22.3. The smallest absolute Gasteiger partial charge is 0.228 e. The van der Waals surface area contributed by atoms with E-state index in [1.807, 2.05) is 6.07 Å². The molecule has 1 saturated carbocycles. The van der Waals surface area contributed by atoms with Crippen LogP contribution < -0.4 is 5.73 Å². The van der Waals surface area contributed by atoms with E-state index in [1.165, 1.54) is 6.07 Å². The first-order valence-electron chi connectivity index (χ1n) is 6.14. The average Bonchev–Trinajstić information content (AvgIpc) is 3.04. The van der Waals surface area contributed by atoms with Gasteiger partial charge < -0.3 is 10.5 Å². The van der Waals surface area contributed by atoms with Crippen molar-refractivity contribution in [2.24, 2.45) is 11.7 Å². The number of rotatable bonds is 3. The van der Waals surface area contributed by atoms with E-state index < -0.39 is 5.41 Å². The topological polar surface area (TPSA) is 60.2 Å². The minimum absolute atomic E-state index is 0.131. The molecule has 1 amide bonds. The van der Waals surface area contributed by atoms with Crippen LogP contribution in [-0.4, -0.2) is 12.2 Å². The van der Waals surface area contributed by atoms with Gasteiger partial charge in [0.25, 0.3) is 0 Å². The number of hydrogen-bond donors (Lipinski definition) is 1. The summed E-state index contributed by atoms with van der Waals surface area (Å²) in [5.41, 5.74) is 6.89. The Balaban J connectivity index is 2.04. The lowest BCUT2D eigenvalue weighted by Gasteiger charge is -2.13. The highest BCUT2D eigenvalue weighted by Gasteiger charge is 2.50. The summed E-state index contributed by atoms with van der Waals surface area (Å²) in [6, 6.07) is 3.28. The van der Waals surface area contributed by atoms with Crippen molar-refractivity contribution in [3.63, 3.8) is 0 Å². The van der Waals surface area contributed by atoms with Gasteiger partial charge in [-0.05, 0) is 48.4 Å². The number of fused-ring (bicyclic) bond motifs is 1. The van der Waals surface area contributed by atoms with E-state index in [2.05, 4.69) is 0 Å². The van der Waals surface area contributed by atoms with E-state index in [0.29, 0.717) is 36.8 Å². The second-order valence-electron chi connectivity index (χ2n) is 5.35. The summed E-state index contributed by atoms with van der Waals surface area (Å²) in [6.07, 6.45) is 3.29. The molecule has 0 spiro atoms. The Hall–Kier alpha value is -1.71. The first-order valence-corrected chi connectivity index (χ1v) is 6.14. The predicted molar refractivity (Wildman–Crippen MR) is 63.5 cm³/mol. The normalized spacial score (nSPS) is 23.5. The lowest BCUT2D eigenvalue weighted by molar-refractivity contribution is -0.120. The van der Waals surface area contributed by atoms with Crippen LogP contribution in [0.15, 0.2) is 12.1 Å². The maximum Gasteiger partial charge on any atom is 0.228 e. The van der Waals surface area contributed by atoms with Gasteiger partial charge in [0.15, 0.2) is 0 Å². The molecule has 1 aromatic carbocycles. The number of nitrogens with two attached hydrogens (primary N) is 1. The average molecular weight is 247 g/mol. The van der Waals surface area contributed by atoms with Crippen LogP contribution in [-0.2, 0) is 27.8 Å². The Morgan fingerprint density at radius 1 is 1.39 bits per heavy atom. The summed E-state index contributed by atoms with van der Waals surface area (Å²) >= 11 is 0. The fraction of sp³-hybridized carbons (Fsp3) is 0.429. The van der Waals surface area contributed by atoms with Crippen molar-refractivity contribution in [1.29, 1.82) is 0 Å². The van der Waals surface area contributed by atoms with E-state index in [9.17, 15) is 14.0 Å². The van der Waals surface area contributed by atoms with Crippen LogP contribution in [0.2, 0.25) is 0 Å². The maximum atomic E-state index is 14.0. The Kier molecular flexibility index (Phi) is 2.30. The molecule has 2 aliphatic rings. The van der Waals surface area contributed by atoms with Crippen molar-refractivity contribution in [2.75, 3.05) is 0 Å². The van der Waals surface area contributed by atoms with E-state index >= 15 is 0 Å². The van der Waals surface area contributed by atoms with Crippen LogP contribution in [0, 0.1) is 11.7 Å². The minimum Gasteiger partial charge on any atom is -0.369 e. The molecule has 0 heterocycles. The number of hydrogen-bond acceptors (Lipinski definition) is 2. The van der Waals surface area contributed by atoms with Gasteiger partial charge in [-0.3, -0.25) is 4.79 Å². The first-order chi connectivity index (χ1) is 8.56. The number of carbonyl (C=O) groups excluding carboxylic acids is 2. The number of carbonyl (C=O) groups is 2. The minimum atomic E-state index is -0.658. The van der Waals surface area contributed by atoms with Gasteiger partial charge in [0.05, 0.1) is 5.41 Å². The Bertz CT molecular complexity index is 549. The van der Waals surface area contributed by atoms with E-state index in [-0.39, 0.29) is 17.6 Å². The van der Waals surface area contributed by atoms with Crippen LogP contribution in [0.1, 0.15) is 29.5 Å². The van der Waals surface area contributed by atoms with E-state index in [1.54, 1.807) is 0 Å². The highest BCUT2D eigenvalue weighted by atomic mass is 19.1. The molecule has 1 aromatic rings. The van der Waals surface area contributed by atoms with Crippen LogP contribution in [0.25, 0.3) is 0 Å². The van der Waals surface area contributed by atoms with E-state index in [0.717, 1.165) is 11.8 Å². The monoisotopic (exact) mass is 247 g/mol. The molecular formula is C14H14FNO2. The Labute approximate surface area is 104 Å². The van der Waals surface area contributed by atoms with Gasteiger partial charge in [0.1, 0.15) is 12.1 Å². The van der Waals surface area contributed by atoms with Gasteiger partial charge >= 0.3 is 0 Å². The molecule has 0 aliphatic heterocycles. The quantitative estimate of drug-likeness (QED) is 0.817. The predicted octanol–water partition coefficient (Wildman–Crippen LogP) is 1.26. The second kappa shape index (κ2) is 3.64. The zero-order valence-electron chi connectivity index (χ0n) is 9.91. The molecule has 1 fully saturated rings. The third-order valence-electron chi connectivity index (χ3n) is 4.20. The zero-order valence-corrected chi connectivity index (χ0v) is 9.91. The largest absolute Gasteiger partial charge is 0.369 e. The molecule has 0 aromatic heterocycles. The summed E-state index contributed by atoms with van der Waals surface area (Å²) in [6.45, 7) is 0. The van der Waals surface area contributed by atoms with Crippen LogP contribution in [0.5, 0.6) is 0 Å². The van der Waals surface area contributed by atoms with Crippen molar-refractivity contribution < 1.29 is 14.0 Å². The summed E-state index contributed by atoms with van der Waals surface area (Å²) in [7, 11) is 0. The van der Waals surface area contributed by atoms with Gasteiger partial charge in [0, 0.05) is 5.92 Å². The molecule has 1 atom stereocenters. The fourth-order valence-electron chi connectivity index (χ4n) is 2.90. The van der Waals surface area contributed by atoms with Gasteiger partial charge in [-0.2, -0.15) is 0 Å². The SMILES string of the molecule is NC(=O)C1(c2cc(F)c3c(c2)CC(C=O)C3)CC1. The number of primary amides is 1. The van der Waals surface area contributed by atoms with Gasteiger partial charge in [-0.1, -0.05) is 6.07 Å². The van der Waals surface area contributed by atoms with Crippen molar-refractivity contribution in [3.8, 4) is 0 Å². The molecule has 0 radical (unpaired) electrons. The van der Waals surface area contributed by atoms with Crippen molar-refractivity contribution >= 4 is 12.2 Å². The zero-order chi connectivity index (χ0) is 12.9. The van der Waals surface area contributed by atoms with E-state index in [4.69, 9.17) is 5.73 Å². The Morgan fingerprint density at radius 3 is 2.67 bits per heavy atom. The lowest BCUT2D eigenvalue weighted by Crippen LogP contribution is -2.28. The van der Waals surface area contributed by atoms with Crippen molar-refractivity contribution in [2.45, 2.75) is 31.1 Å². The lowest BCUT2D eigenvalue weighted by atomic mass is 9.92. The highest BCUT2D eigenvalue weighted by molar-refractivity contribution is 5.90. The standard InChI is InChI=1S/C14H14FNO2/c15-12-6-10(14(1-2-14)13(16)18)5-9-3-8(7-17)4-11(9)12/h5-8H,1-4H2,(H2,16,18). The van der Waals surface area contributed by atoms with Gasteiger partial charge in [-0.15, -0.1) is 0 Å². The molecule has 94 valence electrons. The molecule has 4 heteroatoms. The summed E-state index contributed by atoms with van der Waals surface area (Å²) in [5.74, 6) is -0.820. The molecule has 0 bridgehead atoms. The molecule has 3 rings (SSSR count). The maximum absolute atomic E-state index is 14.0. The molecular weight excluding hydrogens is 233 g/mol. The van der Waals surface area contributed by atoms with Crippen LogP contribution in [0.3, 0.4) is 0 Å². The molecule has 0 saturated heterocycles. The van der Waals surface area contributed by atoms with Crippen LogP contribution in [0.4, 0.5) is 4.39 Å². The number of benzene rings is 1. The van der Waals surface area contributed by atoms with Gasteiger partial charge in [-0.25, -0.2) is 4.39 Å².